The number of allylic oxidation sites excluding steroid dienone is 2. The van der Waals surface area contributed by atoms with Crippen molar-refractivity contribution in [1.29, 1.82) is 0 Å². The highest BCUT2D eigenvalue weighted by atomic mass is 16.5. The molecule has 0 aromatic carbocycles. The van der Waals surface area contributed by atoms with E-state index in [1.807, 2.05) is 0 Å². The van der Waals surface area contributed by atoms with Gasteiger partial charge in [0.05, 0.1) is 18.6 Å². The summed E-state index contributed by atoms with van der Waals surface area (Å²) in [5.41, 5.74) is -0.581. The predicted octanol–water partition coefficient (Wildman–Crippen LogP) is 0.229. The molecule has 3 rings (SSSR count). The van der Waals surface area contributed by atoms with Gasteiger partial charge in [-0.25, -0.2) is 0 Å². The smallest absolute Gasteiger partial charge is 0.248 e. The van der Waals surface area contributed by atoms with Crippen LogP contribution in [0.5, 0.6) is 0 Å². The van der Waals surface area contributed by atoms with E-state index >= 15 is 0 Å². The summed E-state index contributed by atoms with van der Waals surface area (Å²) in [7, 11) is 1.50. The van der Waals surface area contributed by atoms with Crippen molar-refractivity contribution in [2.24, 2.45) is 11.3 Å². The van der Waals surface area contributed by atoms with Gasteiger partial charge in [-0.2, -0.15) is 0 Å². The second kappa shape index (κ2) is 9.52. The van der Waals surface area contributed by atoms with Crippen molar-refractivity contribution in [3.8, 4) is 0 Å². The highest BCUT2D eigenvalue weighted by molar-refractivity contribution is 5.88. The second-order valence-corrected chi connectivity index (χ2v) is 7.99. The molecule has 8 nitrogen and oxygen atoms in total. The third-order valence-corrected chi connectivity index (χ3v) is 6.17. The number of likely N-dealkylation sites (tertiary alicyclic amines) is 1. The molecule has 2 saturated heterocycles. The van der Waals surface area contributed by atoms with E-state index in [1.54, 1.807) is 4.90 Å². The first-order valence-corrected chi connectivity index (χ1v) is 10.1. The third-order valence-electron chi connectivity index (χ3n) is 6.17. The highest BCUT2D eigenvalue weighted by Crippen LogP contribution is 2.36. The molecule has 8 heteroatoms. The van der Waals surface area contributed by atoms with Gasteiger partial charge >= 0.3 is 0 Å². The molecule has 3 amide bonds. The Kier molecular flexibility index (Phi) is 7.07. The van der Waals surface area contributed by atoms with Gasteiger partial charge in [0.1, 0.15) is 6.61 Å². The van der Waals surface area contributed by atoms with Crippen molar-refractivity contribution < 1.29 is 23.9 Å². The molecule has 2 atom stereocenters. The zero-order chi connectivity index (χ0) is 20.0. The monoisotopic (exact) mass is 393 g/mol. The van der Waals surface area contributed by atoms with Crippen molar-refractivity contribution in [1.82, 2.24) is 15.5 Å². The number of methoxy groups -OCH3 is 1. The molecule has 156 valence electrons. The molecule has 2 fully saturated rings. The van der Waals surface area contributed by atoms with Crippen LogP contribution in [0.3, 0.4) is 0 Å². The third kappa shape index (κ3) is 4.91. The number of carbonyl (C=O) groups is 3. The maximum atomic E-state index is 13.0. The fraction of sp³-hybridized carbons (Fsp3) is 0.750. The molecule has 3 aliphatic rings. The minimum absolute atomic E-state index is 0.0132. The molecule has 0 aromatic rings. The van der Waals surface area contributed by atoms with Crippen LogP contribution >= 0.6 is 0 Å². The molecule has 0 aromatic heterocycles. The molecular formula is C20H31N3O5. The zero-order valence-electron chi connectivity index (χ0n) is 16.6. The van der Waals surface area contributed by atoms with Crippen molar-refractivity contribution >= 4 is 17.7 Å². The summed E-state index contributed by atoms with van der Waals surface area (Å²) in [5.74, 6) is -0.0504. The summed E-state index contributed by atoms with van der Waals surface area (Å²) < 4.78 is 10.5. The number of piperidine rings is 1. The lowest BCUT2D eigenvalue weighted by atomic mass is 9.74. The lowest BCUT2D eigenvalue weighted by Crippen LogP contribution is -2.53. The van der Waals surface area contributed by atoms with Crippen LogP contribution in [0.15, 0.2) is 12.2 Å². The standard InChI is InChI=1S/C20H31N3O5/c1-27-14-18(25)23-9-7-20(8-10-23)6-3-2-4-15-13-28-11-5-16(15)22-17(24)12-21-19(20)26/h2-3,15-16H,4-14H2,1H3,(H,21,26)(H,22,24)/b3-2+/t15-,16-/m0/s1. The maximum absolute atomic E-state index is 13.0. The molecule has 0 bridgehead atoms. The number of amides is 3. The lowest BCUT2D eigenvalue weighted by Gasteiger charge is -2.40. The van der Waals surface area contributed by atoms with Gasteiger partial charge in [0.15, 0.2) is 0 Å². The molecular weight excluding hydrogens is 362 g/mol. The lowest BCUT2D eigenvalue weighted by molar-refractivity contribution is -0.143. The minimum atomic E-state index is -0.581. The maximum Gasteiger partial charge on any atom is 0.248 e. The first-order valence-electron chi connectivity index (χ1n) is 10.1. The Morgan fingerprint density at radius 1 is 1.32 bits per heavy atom. The van der Waals surface area contributed by atoms with Crippen LogP contribution in [0.25, 0.3) is 0 Å². The molecule has 3 heterocycles. The van der Waals surface area contributed by atoms with Crippen LogP contribution in [0.2, 0.25) is 0 Å². The van der Waals surface area contributed by atoms with Gasteiger partial charge in [0.25, 0.3) is 0 Å². The van der Waals surface area contributed by atoms with Gasteiger partial charge in [-0.3, -0.25) is 14.4 Å². The summed E-state index contributed by atoms with van der Waals surface area (Å²) in [5, 5.41) is 5.88. The molecule has 1 spiro atoms. The number of nitrogens with one attached hydrogen (secondary N) is 2. The fourth-order valence-corrected chi connectivity index (χ4v) is 4.33. The van der Waals surface area contributed by atoms with E-state index in [0.717, 1.165) is 12.8 Å². The summed E-state index contributed by atoms with van der Waals surface area (Å²) in [6.07, 6.45) is 7.59. The summed E-state index contributed by atoms with van der Waals surface area (Å²) in [6, 6.07) is 0.0891. The Balaban J connectivity index is 1.69. The molecule has 0 radical (unpaired) electrons. The number of nitrogens with zero attached hydrogens (tertiary/aromatic N) is 1. The van der Waals surface area contributed by atoms with Gasteiger partial charge in [-0.15, -0.1) is 0 Å². The Morgan fingerprint density at radius 2 is 2.11 bits per heavy atom. The molecule has 0 unspecified atom stereocenters. The van der Waals surface area contributed by atoms with E-state index in [0.29, 0.717) is 45.6 Å². The SMILES string of the molecule is COCC(=O)N1CCC2(C/C=C/C[C@H]3COCC[C@@H]3NC(=O)CNC2=O)CC1. The van der Waals surface area contributed by atoms with Gasteiger partial charge in [-0.05, 0) is 32.1 Å². The van der Waals surface area contributed by atoms with Crippen LogP contribution in [0.4, 0.5) is 0 Å². The fourth-order valence-electron chi connectivity index (χ4n) is 4.33. The van der Waals surface area contributed by atoms with Gasteiger partial charge in [-0.1, -0.05) is 12.2 Å². The average molecular weight is 393 g/mol. The van der Waals surface area contributed by atoms with Crippen molar-refractivity contribution in [3.05, 3.63) is 12.2 Å². The summed E-state index contributed by atoms with van der Waals surface area (Å²) in [4.78, 5) is 39.1. The second-order valence-electron chi connectivity index (χ2n) is 7.99. The van der Waals surface area contributed by atoms with Crippen molar-refractivity contribution in [2.75, 3.05) is 46.6 Å². The Bertz CT molecular complexity index is 613. The van der Waals surface area contributed by atoms with E-state index < -0.39 is 5.41 Å². The molecule has 0 aliphatic carbocycles. The minimum Gasteiger partial charge on any atom is -0.381 e. The van der Waals surface area contributed by atoms with Crippen LogP contribution in [0.1, 0.15) is 32.1 Å². The van der Waals surface area contributed by atoms with E-state index in [4.69, 9.17) is 9.47 Å². The van der Waals surface area contributed by atoms with Crippen LogP contribution < -0.4 is 10.6 Å². The number of hydrogen-bond donors (Lipinski definition) is 2. The Morgan fingerprint density at radius 3 is 2.86 bits per heavy atom. The Hall–Kier alpha value is -1.93. The molecule has 0 saturated carbocycles. The number of fused-ring (bicyclic) bond motifs is 1. The Labute approximate surface area is 166 Å². The first-order chi connectivity index (χ1) is 13.5. The molecule has 28 heavy (non-hydrogen) atoms. The number of hydrogen-bond acceptors (Lipinski definition) is 5. The largest absolute Gasteiger partial charge is 0.381 e. The van der Waals surface area contributed by atoms with E-state index in [-0.39, 0.29) is 42.8 Å². The van der Waals surface area contributed by atoms with Crippen LogP contribution in [-0.4, -0.2) is 75.2 Å². The van der Waals surface area contributed by atoms with Crippen molar-refractivity contribution in [2.45, 2.75) is 38.1 Å². The van der Waals surface area contributed by atoms with E-state index in [1.165, 1.54) is 7.11 Å². The van der Waals surface area contributed by atoms with E-state index in [9.17, 15) is 14.4 Å². The number of rotatable bonds is 2. The van der Waals surface area contributed by atoms with Gasteiger partial charge in [0.2, 0.25) is 17.7 Å². The van der Waals surface area contributed by atoms with Gasteiger partial charge < -0.3 is 25.0 Å². The van der Waals surface area contributed by atoms with Crippen molar-refractivity contribution in [3.63, 3.8) is 0 Å². The summed E-state index contributed by atoms with van der Waals surface area (Å²) in [6.45, 7) is 2.38. The first kappa shape index (κ1) is 20.8. The van der Waals surface area contributed by atoms with E-state index in [2.05, 4.69) is 22.8 Å². The quantitative estimate of drug-likeness (QED) is 0.655. The topological polar surface area (TPSA) is 97.0 Å². The highest BCUT2D eigenvalue weighted by Gasteiger charge is 2.41. The predicted molar refractivity (Wildman–Crippen MR) is 102 cm³/mol. The number of ether oxygens (including phenoxy) is 2. The molecule has 2 N–H and O–H groups in total. The van der Waals surface area contributed by atoms with Crippen LogP contribution in [-0.2, 0) is 23.9 Å². The number of carbonyl (C=O) groups excluding carboxylic acids is 3. The summed E-state index contributed by atoms with van der Waals surface area (Å²) >= 11 is 0. The molecule has 3 aliphatic heterocycles. The normalized spacial score (nSPS) is 29.7. The zero-order valence-corrected chi connectivity index (χ0v) is 16.6. The van der Waals surface area contributed by atoms with Gasteiger partial charge in [0, 0.05) is 38.8 Å². The van der Waals surface area contributed by atoms with Crippen LogP contribution in [0, 0.1) is 11.3 Å². The average Bonchev–Trinajstić information content (AvgIpc) is 2.70.